The van der Waals surface area contributed by atoms with Gasteiger partial charge in [0.2, 0.25) is 15.8 Å². The van der Waals surface area contributed by atoms with Gasteiger partial charge in [0.05, 0.1) is 24.4 Å². The van der Waals surface area contributed by atoms with E-state index in [0.29, 0.717) is 11.1 Å². The number of aliphatic hydroxyl groups excluding tert-OH is 2. The summed E-state index contributed by atoms with van der Waals surface area (Å²) >= 11 is 0. The summed E-state index contributed by atoms with van der Waals surface area (Å²) in [5.74, 6) is -1.87. The summed E-state index contributed by atoms with van der Waals surface area (Å²) in [6, 6.07) is 1.61. The Kier molecular flexibility index (Phi) is 6.65. The molecule has 0 spiro atoms. The van der Waals surface area contributed by atoms with Crippen LogP contribution in [0.4, 0.5) is 0 Å². The first-order valence-electron chi connectivity index (χ1n) is 11.5. The van der Waals surface area contributed by atoms with Gasteiger partial charge < -0.3 is 26.2 Å². The van der Waals surface area contributed by atoms with Crippen LogP contribution < -0.4 is 10.5 Å². The third kappa shape index (κ3) is 4.15. The largest absolute Gasteiger partial charge is 0.510 e. The van der Waals surface area contributed by atoms with Crippen LogP contribution in [0.15, 0.2) is 34.8 Å². The zero-order valence-electron chi connectivity index (χ0n) is 20.8. The Labute approximate surface area is 218 Å². The average molecular weight is 546 g/mol. The number of hydrogen-bond acceptors (Lipinski definition) is 10. The van der Waals surface area contributed by atoms with Crippen molar-refractivity contribution >= 4 is 27.5 Å². The molecule has 1 aromatic rings. The molecule has 0 unspecified atom stereocenters. The van der Waals surface area contributed by atoms with Gasteiger partial charge in [-0.1, -0.05) is 11.8 Å². The van der Waals surface area contributed by atoms with Gasteiger partial charge in [-0.3, -0.25) is 19.3 Å². The van der Waals surface area contributed by atoms with Gasteiger partial charge >= 0.3 is 0 Å². The lowest BCUT2D eigenvalue weighted by molar-refractivity contribution is -0.148. The number of phenols is 1. The highest BCUT2D eigenvalue weighted by atomic mass is 32.2. The molecule has 1 aromatic carbocycles. The van der Waals surface area contributed by atoms with Crippen molar-refractivity contribution in [1.29, 1.82) is 0 Å². The van der Waals surface area contributed by atoms with E-state index in [-0.39, 0.29) is 30.5 Å². The van der Waals surface area contributed by atoms with Gasteiger partial charge in [0.25, 0.3) is 5.91 Å². The van der Waals surface area contributed by atoms with E-state index in [1.165, 1.54) is 17.0 Å². The fourth-order valence-electron chi connectivity index (χ4n) is 5.67. The van der Waals surface area contributed by atoms with Gasteiger partial charge in [-0.05, 0) is 50.6 Å². The topological polar surface area (TPSA) is 208 Å². The third-order valence-electron chi connectivity index (χ3n) is 7.25. The van der Waals surface area contributed by atoms with Crippen LogP contribution in [-0.2, 0) is 26.0 Å². The maximum absolute atomic E-state index is 13.6. The molecule has 4 atom stereocenters. The Hall–Kier alpha value is -3.70. The van der Waals surface area contributed by atoms with Gasteiger partial charge in [-0.2, -0.15) is 0 Å². The van der Waals surface area contributed by atoms with Gasteiger partial charge in [-0.25, -0.2) is 13.1 Å². The fraction of sp³-hybridized carbons (Fsp3) is 0.400. The summed E-state index contributed by atoms with van der Waals surface area (Å²) in [6.45, 7) is -0.187. The molecule has 3 aliphatic carbocycles. The number of sulfonamides is 1. The van der Waals surface area contributed by atoms with Crippen LogP contribution in [0.2, 0.25) is 0 Å². The number of aromatic hydroxyl groups is 1. The van der Waals surface area contributed by atoms with Crippen molar-refractivity contribution in [2.24, 2.45) is 17.6 Å². The maximum atomic E-state index is 13.6. The number of fused-ring (bicyclic) bond motifs is 3. The Morgan fingerprint density at radius 1 is 1.24 bits per heavy atom. The summed E-state index contributed by atoms with van der Waals surface area (Å²) < 4.78 is 24.8. The number of nitrogens with zero attached hydrogens (tertiary/aromatic N) is 1. The number of nitrogens with two attached hydrogens (primary N) is 1. The van der Waals surface area contributed by atoms with Crippen molar-refractivity contribution in [3.05, 3.63) is 51.5 Å². The molecule has 1 amide bonds. The molecule has 0 aliphatic heterocycles. The number of carbonyl (C=O) groups excluding carboxylic acids is 3. The summed E-state index contributed by atoms with van der Waals surface area (Å²) in [7, 11) is -0.380. The number of phenolic OH excluding ortho intramolecular Hbond substituents is 1. The second kappa shape index (κ2) is 9.25. The standard InChI is InChI=1S/C25H27N3O9S/c1-28(2)19-14-10-12-9-13-11(5-4-8-27-38(3,36)37)6-7-15(29)17(13)20(30)16(12)22(32)25(14,35)23(33)18(21(19)31)24(26)34/h6-7,12,14,19,27,29,31-32,35H,8-10H2,1-3H3,(H2,26,34)/t12-,14-,19-,25+/m1/s1. The molecule has 0 aromatic heterocycles. The van der Waals surface area contributed by atoms with E-state index in [1.807, 2.05) is 0 Å². The molecule has 0 saturated heterocycles. The first kappa shape index (κ1) is 27.3. The molecule has 3 aliphatic rings. The smallest absolute Gasteiger partial charge is 0.255 e. The zero-order chi connectivity index (χ0) is 28.3. The maximum Gasteiger partial charge on any atom is 0.255 e. The number of ketones is 2. The first-order chi connectivity index (χ1) is 17.6. The number of carbonyl (C=O) groups is 3. The van der Waals surface area contributed by atoms with Crippen LogP contribution in [0.1, 0.15) is 27.9 Å². The average Bonchev–Trinajstić information content (AvgIpc) is 2.79. The number of Topliss-reactive ketones (excluding diaryl/α,β-unsaturated/α-hetero) is 2. The van der Waals surface area contributed by atoms with Crippen molar-refractivity contribution in [3.8, 4) is 17.6 Å². The third-order valence-corrected chi connectivity index (χ3v) is 7.92. The molecule has 0 bridgehead atoms. The number of rotatable bonds is 4. The van der Waals surface area contributed by atoms with Crippen LogP contribution in [0.5, 0.6) is 5.75 Å². The quantitative estimate of drug-likeness (QED) is 0.201. The molecule has 12 nitrogen and oxygen atoms in total. The van der Waals surface area contributed by atoms with E-state index in [0.717, 1.165) is 6.26 Å². The van der Waals surface area contributed by atoms with Crippen LogP contribution >= 0.6 is 0 Å². The number of likely N-dealkylation sites (N-methyl/N-ethyl adjacent to an activating group) is 1. The van der Waals surface area contributed by atoms with Gasteiger partial charge in [0, 0.05) is 17.1 Å². The van der Waals surface area contributed by atoms with Gasteiger partial charge in [-0.15, -0.1) is 0 Å². The zero-order valence-corrected chi connectivity index (χ0v) is 21.6. The van der Waals surface area contributed by atoms with Crippen molar-refractivity contribution in [3.63, 3.8) is 0 Å². The van der Waals surface area contributed by atoms with Crippen LogP contribution in [0.3, 0.4) is 0 Å². The van der Waals surface area contributed by atoms with E-state index in [1.54, 1.807) is 14.1 Å². The minimum absolute atomic E-state index is 0.0517. The van der Waals surface area contributed by atoms with Crippen molar-refractivity contribution in [2.45, 2.75) is 24.5 Å². The van der Waals surface area contributed by atoms with Crippen molar-refractivity contribution in [1.82, 2.24) is 9.62 Å². The Bertz CT molecular complexity index is 1510. The van der Waals surface area contributed by atoms with E-state index < -0.39 is 73.8 Å². The Balaban J connectivity index is 1.87. The number of allylic oxidation sites excluding steroid dienone is 1. The molecule has 0 radical (unpaired) electrons. The van der Waals surface area contributed by atoms with E-state index in [9.17, 15) is 43.2 Å². The van der Waals surface area contributed by atoms with Crippen LogP contribution in [0, 0.1) is 23.7 Å². The van der Waals surface area contributed by atoms with Crippen molar-refractivity contribution in [2.75, 3.05) is 26.9 Å². The summed E-state index contributed by atoms with van der Waals surface area (Å²) in [4.78, 5) is 40.4. The lowest BCUT2D eigenvalue weighted by atomic mass is 9.58. The second-order valence-corrected chi connectivity index (χ2v) is 11.7. The molecule has 0 fully saturated rings. The van der Waals surface area contributed by atoms with E-state index in [4.69, 9.17) is 5.73 Å². The number of amides is 1. The molecule has 0 saturated carbocycles. The van der Waals surface area contributed by atoms with Crippen LogP contribution in [0.25, 0.3) is 0 Å². The fourth-order valence-corrected chi connectivity index (χ4v) is 6.01. The molecule has 4 rings (SSSR count). The highest BCUT2D eigenvalue weighted by Crippen LogP contribution is 2.52. The highest BCUT2D eigenvalue weighted by molar-refractivity contribution is 7.88. The normalized spacial score (nSPS) is 26.9. The molecule has 0 heterocycles. The Morgan fingerprint density at radius 3 is 2.47 bits per heavy atom. The molecule has 202 valence electrons. The number of aliphatic hydroxyl groups is 3. The second-order valence-electron chi connectivity index (χ2n) is 9.84. The summed E-state index contributed by atoms with van der Waals surface area (Å²) in [6.07, 6.45) is 1.01. The van der Waals surface area contributed by atoms with E-state index in [2.05, 4.69) is 16.6 Å². The SMILES string of the molecule is CN(C)[C@H]1C(O)=C(C(N)=O)C(=O)[C@@]2(O)C(O)=C3C(=O)c4c(O)ccc(C#CCNS(C)(=O)=O)c4C[C@@H]3C[C@H]12. The highest BCUT2D eigenvalue weighted by Gasteiger charge is 2.63. The number of benzene rings is 1. The molecule has 7 N–H and O–H groups in total. The summed E-state index contributed by atoms with van der Waals surface area (Å²) in [5, 5.41) is 44.2. The predicted octanol–water partition coefficient (Wildman–Crippen LogP) is -0.979. The predicted molar refractivity (Wildman–Crippen MR) is 133 cm³/mol. The lowest BCUT2D eigenvalue weighted by Gasteiger charge is -2.50. The van der Waals surface area contributed by atoms with E-state index >= 15 is 0 Å². The van der Waals surface area contributed by atoms with Crippen LogP contribution in [-0.4, -0.2) is 89.8 Å². The molecule has 13 heteroatoms. The minimum atomic E-state index is -3.47. The Morgan fingerprint density at radius 2 is 1.89 bits per heavy atom. The van der Waals surface area contributed by atoms with Gasteiger partial charge in [0.15, 0.2) is 11.4 Å². The number of primary amides is 1. The molecular weight excluding hydrogens is 518 g/mol. The monoisotopic (exact) mass is 545 g/mol. The van der Waals surface area contributed by atoms with Gasteiger partial charge in [0.1, 0.15) is 22.8 Å². The molecule has 38 heavy (non-hydrogen) atoms. The first-order valence-corrected chi connectivity index (χ1v) is 13.4. The lowest BCUT2D eigenvalue weighted by Crippen LogP contribution is -2.63. The van der Waals surface area contributed by atoms with Crippen molar-refractivity contribution < 1.29 is 43.2 Å². The minimum Gasteiger partial charge on any atom is -0.510 e. The molecular formula is C25H27N3O9S. The summed E-state index contributed by atoms with van der Waals surface area (Å²) in [5.41, 5.74) is 1.99. The number of nitrogens with one attached hydrogen (secondary N) is 1. The number of hydrogen-bond donors (Lipinski definition) is 6.